The molecule has 6 heteroatoms. The van der Waals surface area contributed by atoms with Crippen molar-refractivity contribution in [3.8, 4) is 0 Å². The molecule has 5 nitrogen and oxygen atoms in total. The van der Waals surface area contributed by atoms with E-state index in [1.54, 1.807) is 0 Å². The fourth-order valence-corrected chi connectivity index (χ4v) is 1.84. The van der Waals surface area contributed by atoms with Crippen molar-refractivity contribution in [1.82, 2.24) is 0 Å². The van der Waals surface area contributed by atoms with E-state index in [4.69, 9.17) is 14.3 Å². The normalized spacial score (nSPS) is 12.0. The van der Waals surface area contributed by atoms with Crippen molar-refractivity contribution in [2.24, 2.45) is 0 Å². The molecule has 1 unspecified atom stereocenters. The molecule has 0 fully saturated rings. The highest BCUT2D eigenvalue weighted by Crippen LogP contribution is 2.05. The zero-order valence-corrected chi connectivity index (χ0v) is 12.2. The molecule has 1 rings (SSSR count). The van der Waals surface area contributed by atoms with Gasteiger partial charge < -0.3 is 14.3 Å². The SMILES string of the molecule is O=C(CCC(O[SiH3])C(=O)O)OCc1ccccc1. The third-order valence-electron chi connectivity index (χ3n) is 2.41. The van der Waals surface area contributed by atoms with Crippen molar-refractivity contribution < 1.29 is 23.9 Å². The number of ether oxygens (including phenoxy) is 1. The summed E-state index contributed by atoms with van der Waals surface area (Å²) in [4.78, 5) is 22.1. The van der Waals surface area contributed by atoms with E-state index in [0.29, 0.717) is 10.5 Å². The standard InChI is InChI=1S/C12H16O5Si/c13-11(7-6-10(17-18)12(14)15)16-8-9-4-2-1-3-5-9/h1-5,10H,6-8H2,18H3,(H,14,15). The van der Waals surface area contributed by atoms with Gasteiger partial charge in [0.1, 0.15) is 23.2 Å². The van der Waals surface area contributed by atoms with Gasteiger partial charge in [-0.2, -0.15) is 0 Å². The van der Waals surface area contributed by atoms with Crippen LogP contribution in [0.5, 0.6) is 0 Å². The Morgan fingerprint density at radius 3 is 2.50 bits per heavy atom. The number of carbonyl (C=O) groups excluding carboxylic acids is 1. The van der Waals surface area contributed by atoms with Crippen molar-refractivity contribution in [3.63, 3.8) is 0 Å². The average Bonchev–Trinajstić information content (AvgIpc) is 2.38. The lowest BCUT2D eigenvalue weighted by Crippen LogP contribution is -2.24. The smallest absolute Gasteiger partial charge is 0.331 e. The van der Waals surface area contributed by atoms with E-state index in [9.17, 15) is 9.59 Å². The molecule has 0 bridgehead atoms. The highest BCUT2D eigenvalue weighted by molar-refractivity contribution is 5.99. The molecular weight excluding hydrogens is 252 g/mol. The first kappa shape index (κ1) is 14.4. The third kappa shape index (κ3) is 5.11. The van der Waals surface area contributed by atoms with Crippen LogP contribution in [0.15, 0.2) is 30.3 Å². The molecule has 0 amide bonds. The first-order valence-electron chi connectivity index (χ1n) is 5.58. The maximum atomic E-state index is 11.4. The van der Waals surface area contributed by atoms with Crippen LogP contribution >= 0.6 is 0 Å². The van der Waals surface area contributed by atoms with Gasteiger partial charge in [-0.15, -0.1) is 0 Å². The van der Waals surface area contributed by atoms with Crippen LogP contribution in [0.25, 0.3) is 0 Å². The lowest BCUT2D eigenvalue weighted by Gasteiger charge is -2.10. The third-order valence-corrected chi connectivity index (χ3v) is 2.98. The van der Waals surface area contributed by atoms with E-state index >= 15 is 0 Å². The summed E-state index contributed by atoms with van der Waals surface area (Å²) < 4.78 is 9.88. The van der Waals surface area contributed by atoms with Gasteiger partial charge in [-0.3, -0.25) is 4.79 Å². The molecule has 98 valence electrons. The minimum atomic E-state index is -1.04. The lowest BCUT2D eigenvalue weighted by molar-refractivity contribution is -0.148. The molecule has 1 atom stereocenters. The number of rotatable bonds is 7. The molecule has 1 aromatic rings. The summed E-state index contributed by atoms with van der Waals surface area (Å²) in [5.41, 5.74) is 0.903. The van der Waals surface area contributed by atoms with Gasteiger partial charge in [0.2, 0.25) is 0 Å². The Hall–Kier alpha value is -1.66. The fourth-order valence-electron chi connectivity index (χ4n) is 1.40. The Kier molecular flexibility index (Phi) is 6.10. The molecule has 0 aliphatic heterocycles. The molecule has 0 aromatic heterocycles. The van der Waals surface area contributed by atoms with Crippen LogP contribution in [-0.2, 0) is 25.4 Å². The molecular formula is C12H16O5Si. The van der Waals surface area contributed by atoms with E-state index in [-0.39, 0.29) is 19.4 Å². The quantitative estimate of drug-likeness (QED) is 0.567. The van der Waals surface area contributed by atoms with Crippen molar-refractivity contribution in [2.45, 2.75) is 25.6 Å². The van der Waals surface area contributed by atoms with Gasteiger partial charge in [0.25, 0.3) is 0 Å². The molecule has 0 heterocycles. The number of carboxylic acid groups (broad SMARTS) is 1. The summed E-state index contributed by atoms with van der Waals surface area (Å²) in [6, 6.07) is 9.31. The van der Waals surface area contributed by atoms with Crippen LogP contribution in [0.1, 0.15) is 18.4 Å². The molecule has 0 radical (unpaired) electrons. The summed E-state index contributed by atoms with van der Waals surface area (Å²) in [5.74, 6) is -1.45. The molecule has 0 spiro atoms. The average molecular weight is 268 g/mol. The predicted molar refractivity (Wildman–Crippen MR) is 67.9 cm³/mol. The van der Waals surface area contributed by atoms with Gasteiger partial charge in [0, 0.05) is 6.42 Å². The molecule has 0 aliphatic rings. The van der Waals surface area contributed by atoms with Crippen LogP contribution in [0.3, 0.4) is 0 Å². The number of hydrogen-bond donors (Lipinski definition) is 1. The Bertz CT molecular complexity index is 393. The molecule has 1 N–H and O–H groups in total. The van der Waals surface area contributed by atoms with Gasteiger partial charge >= 0.3 is 11.9 Å². The zero-order valence-electron chi connectivity index (χ0n) is 10.2. The van der Waals surface area contributed by atoms with Gasteiger partial charge in [0.15, 0.2) is 0 Å². The van der Waals surface area contributed by atoms with E-state index in [2.05, 4.69) is 0 Å². The second-order valence-corrected chi connectivity index (χ2v) is 4.22. The van der Waals surface area contributed by atoms with E-state index < -0.39 is 18.0 Å². The van der Waals surface area contributed by atoms with E-state index in [1.165, 1.54) is 0 Å². The maximum absolute atomic E-state index is 11.4. The molecule has 1 aromatic carbocycles. The van der Waals surface area contributed by atoms with Crippen LogP contribution in [0, 0.1) is 0 Å². The van der Waals surface area contributed by atoms with Crippen molar-refractivity contribution in [3.05, 3.63) is 35.9 Å². The van der Waals surface area contributed by atoms with Gasteiger partial charge in [-0.1, -0.05) is 30.3 Å². The first-order valence-corrected chi connectivity index (χ1v) is 6.40. The summed E-state index contributed by atoms with van der Waals surface area (Å²) in [7, 11) is 0.330. The Morgan fingerprint density at radius 2 is 1.94 bits per heavy atom. The van der Waals surface area contributed by atoms with Gasteiger partial charge in [-0.05, 0) is 12.0 Å². The minimum absolute atomic E-state index is 0.0477. The second kappa shape index (κ2) is 7.62. The molecule has 0 saturated heterocycles. The maximum Gasteiger partial charge on any atom is 0.331 e. The van der Waals surface area contributed by atoms with Gasteiger partial charge in [-0.25, -0.2) is 4.79 Å². The van der Waals surface area contributed by atoms with Crippen molar-refractivity contribution >= 4 is 22.4 Å². The highest BCUT2D eigenvalue weighted by Gasteiger charge is 2.17. The van der Waals surface area contributed by atoms with Crippen molar-refractivity contribution in [2.75, 3.05) is 0 Å². The second-order valence-electron chi connectivity index (χ2n) is 3.75. The molecule has 0 aliphatic carbocycles. The van der Waals surface area contributed by atoms with Crippen molar-refractivity contribution in [1.29, 1.82) is 0 Å². The largest absolute Gasteiger partial charge is 0.479 e. The summed E-state index contributed by atoms with van der Waals surface area (Å²) in [5, 5.41) is 8.74. The fraction of sp³-hybridized carbons (Fsp3) is 0.333. The van der Waals surface area contributed by atoms with E-state index in [0.717, 1.165) is 5.56 Å². The van der Waals surface area contributed by atoms with E-state index in [1.807, 2.05) is 30.3 Å². The Balaban J connectivity index is 2.28. The van der Waals surface area contributed by atoms with Gasteiger partial charge in [0.05, 0.1) is 0 Å². The topological polar surface area (TPSA) is 72.8 Å². The Labute approximate surface area is 108 Å². The van der Waals surface area contributed by atoms with Crippen LogP contribution in [0.2, 0.25) is 0 Å². The van der Waals surface area contributed by atoms with Crippen LogP contribution in [0.4, 0.5) is 0 Å². The number of esters is 1. The predicted octanol–water partition coefficient (Wildman–Crippen LogP) is 0.260. The monoisotopic (exact) mass is 268 g/mol. The minimum Gasteiger partial charge on any atom is -0.479 e. The number of aliphatic carboxylic acids is 1. The Morgan fingerprint density at radius 1 is 1.28 bits per heavy atom. The lowest BCUT2D eigenvalue weighted by atomic mass is 10.2. The zero-order chi connectivity index (χ0) is 13.4. The van der Waals surface area contributed by atoms with Crippen LogP contribution < -0.4 is 0 Å². The number of hydrogen-bond acceptors (Lipinski definition) is 4. The number of carboxylic acids is 1. The summed E-state index contributed by atoms with van der Waals surface area (Å²) in [6.07, 6.45) is -0.709. The van der Waals surface area contributed by atoms with Crippen LogP contribution in [-0.4, -0.2) is 33.6 Å². The first-order chi connectivity index (χ1) is 8.63. The number of benzene rings is 1. The molecule has 0 saturated carbocycles. The number of carbonyl (C=O) groups is 2. The highest BCUT2D eigenvalue weighted by atomic mass is 28.2. The molecule has 18 heavy (non-hydrogen) atoms. The summed E-state index contributed by atoms with van der Waals surface area (Å²) >= 11 is 0. The summed E-state index contributed by atoms with van der Waals surface area (Å²) in [6.45, 7) is 0.207.